The van der Waals surface area contributed by atoms with Gasteiger partial charge in [-0.2, -0.15) is 0 Å². The Morgan fingerprint density at radius 3 is 2.62 bits per heavy atom. The number of aryl methyl sites for hydroxylation is 2. The minimum atomic E-state index is -0.930. The molecule has 0 saturated heterocycles. The van der Waals surface area contributed by atoms with Crippen molar-refractivity contribution in [3.63, 3.8) is 0 Å². The van der Waals surface area contributed by atoms with Gasteiger partial charge < -0.3 is 10.1 Å². The fourth-order valence-electron chi connectivity index (χ4n) is 2.18. The molecule has 24 heavy (non-hydrogen) atoms. The van der Waals surface area contributed by atoms with Gasteiger partial charge in [0.25, 0.3) is 5.91 Å². The highest BCUT2D eigenvalue weighted by Crippen LogP contribution is 2.21. The maximum absolute atomic E-state index is 12.3. The first-order valence-corrected chi connectivity index (χ1v) is 9.26. The van der Waals surface area contributed by atoms with Gasteiger partial charge in [-0.15, -0.1) is 11.3 Å². The van der Waals surface area contributed by atoms with Crippen molar-refractivity contribution in [2.24, 2.45) is 0 Å². The maximum Gasteiger partial charge on any atom is 0.263 e. The van der Waals surface area contributed by atoms with Crippen LogP contribution in [-0.4, -0.2) is 23.0 Å². The molecule has 1 aromatic heterocycles. The monoisotopic (exact) mass is 366 g/mol. The van der Waals surface area contributed by atoms with Crippen LogP contribution >= 0.6 is 22.9 Å². The van der Waals surface area contributed by atoms with Gasteiger partial charge in [0, 0.05) is 22.6 Å². The van der Waals surface area contributed by atoms with E-state index in [-0.39, 0.29) is 5.91 Å². The lowest BCUT2D eigenvalue weighted by atomic mass is 10.1. The molecule has 0 saturated carbocycles. The number of hydrogen-bond acceptors (Lipinski definition) is 4. The van der Waals surface area contributed by atoms with Gasteiger partial charge in [-0.25, -0.2) is 4.98 Å². The van der Waals surface area contributed by atoms with Crippen LogP contribution in [0.4, 0.5) is 0 Å². The maximum atomic E-state index is 12.3. The number of hydrogen-bond donors (Lipinski definition) is 1. The zero-order chi connectivity index (χ0) is 17.6. The van der Waals surface area contributed by atoms with E-state index in [2.05, 4.69) is 15.7 Å². The van der Waals surface area contributed by atoms with Crippen molar-refractivity contribution in [3.05, 3.63) is 45.4 Å². The summed E-state index contributed by atoms with van der Waals surface area (Å²) in [5.41, 5.74) is 0.143. The van der Waals surface area contributed by atoms with E-state index in [1.54, 1.807) is 49.4 Å². The van der Waals surface area contributed by atoms with Gasteiger partial charge in [0.05, 0.1) is 5.01 Å². The molecule has 0 aliphatic heterocycles. The molecule has 2 rings (SSSR count). The second kappa shape index (κ2) is 8.49. The predicted octanol–water partition coefficient (Wildman–Crippen LogP) is 4.40. The molecule has 0 radical (unpaired) electrons. The Morgan fingerprint density at radius 2 is 2.00 bits per heavy atom. The van der Waals surface area contributed by atoms with Crippen LogP contribution < -0.4 is 10.1 Å². The number of amides is 1. The van der Waals surface area contributed by atoms with E-state index >= 15 is 0 Å². The second-order valence-electron chi connectivity index (χ2n) is 6.16. The molecule has 0 unspecified atom stereocenters. The molecule has 1 heterocycles. The Labute approximate surface area is 152 Å². The summed E-state index contributed by atoms with van der Waals surface area (Å²) in [6.45, 7) is 6.16. The average Bonchev–Trinajstić information content (AvgIpc) is 2.94. The van der Waals surface area contributed by atoms with Gasteiger partial charge >= 0.3 is 0 Å². The minimum absolute atomic E-state index is 0.123. The summed E-state index contributed by atoms with van der Waals surface area (Å²) in [7, 11) is 0. The third-order valence-corrected chi connectivity index (χ3v) is 4.78. The molecule has 0 bridgehead atoms. The molecule has 0 spiro atoms. The lowest BCUT2D eigenvalue weighted by molar-refractivity contribution is -0.134. The lowest BCUT2D eigenvalue weighted by Crippen LogP contribution is -2.46. The predicted molar refractivity (Wildman–Crippen MR) is 99.0 cm³/mol. The number of halogens is 1. The lowest BCUT2D eigenvalue weighted by Gasteiger charge is -2.25. The van der Waals surface area contributed by atoms with E-state index in [4.69, 9.17) is 16.3 Å². The number of benzene rings is 1. The van der Waals surface area contributed by atoms with Crippen LogP contribution in [0.2, 0.25) is 5.02 Å². The van der Waals surface area contributed by atoms with E-state index in [9.17, 15) is 4.79 Å². The van der Waals surface area contributed by atoms with Crippen molar-refractivity contribution in [1.82, 2.24) is 10.3 Å². The molecule has 130 valence electrons. The molecule has 0 aliphatic carbocycles. The topological polar surface area (TPSA) is 51.2 Å². The van der Waals surface area contributed by atoms with Crippen LogP contribution in [0.25, 0.3) is 0 Å². The van der Waals surface area contributed by atoms with Crippen LogP contribution in [0.3, 0.4) is 0 Å². The summed E-state index contributed by atoms with van der Waals surface area (Å²) in [6, 6.07) is 7.00. The fourth-order valence-corrected chi connectivity index (χ4v) is 3.12. The van der Waals surface area contributed by atoms with Crippen LogP contribution in [0, 0.1) is 6.92 Å². The quantitative estimate of drug-likeness (QED) is 0.704. The van der Waals surface area contributed by atoms with Crippen LogP contribution in [0.5, 0.6) is 5.75 Å². The molecule has 1 N–H and O–H groups in total. The molecule has 0 atom stereocenters. The molecular weight excluding hydrogens is 344 g/mol. The molecule has 0 aliphatic rings. The van der Waals surface area contributed by atoms with E-state index in [0.717, 1.165) is 30.0 Å². The smallest absolute Gasteiger partial charge is 0.263 e. The highest BCUT2D eigenvalue weighted by Gasteiger charge is 2.29. The van der Waals surface area contributed by atoms with Gasteiger partial charge in [-0.3, -0.25) is 4.79 Å². The Hall–Kier alpha value is -1.59. The van der Waals surface area contributed by atoms with E-state index < -0.39 is 5.60 Å². The zero-order valence-corrected chi connectivity index (χ0v) is 15.8. The number of aromatic nitrogens is 1. The summed E-state index contributed by atoms with van der Waals surface area (Å²) in [5, 5.41) is 6.80. The van der Waals surface area contributed by atoms with E-state index in [1.807, 2.05) is 6.92 Å². The van der Waals surface area contributed by atoms with Crippen LogP contribution in [-0.2, 0) is 11.2 Å². The number of carbonyl (C=O) groups is 1. The number of nitrogens with one attached hydrogen (secondary N) is 1. The summed E-state index contributed by atoms with van der Waals surface area (Å²) in [4.78, 5) is 16.7. The van der Waals surface area contributed by atoms with Crippen LogP contribution in [0.15, 0.2) is 29.6 Å². The zero-order valence-electron chi connectivity index (χ0n) is 14.3. The van der Waals surface area contributed by atoms with Crippen molar-refractivity contribution in [2.75, 3.05) is 6.54 Å². The van der Waals surface area contributed by atoms with Crippen molar-refractivity contribution in [2.45, 2.75) is 45.6 Å². The van der Waals surface area contributed by atoms with Gasteiger partial charge in [0.15, 0.2) is 5.60 Å². The molecule has 1 amide bonds. The van der Waals surface area contributed by atoms with Crippen molar-refractivity contribution >= 4 is 28.8 Å². The first-order valence-electron chi connectivity index (χ1n) is 8.01. The number of nitrogens with zero attached hydrogens (tertiary/aromatic N) is 1. The summed E-state index contributed by atoms with van der Waals surface area (Å²) in [5.74, 6) is 0.501. The Balaban J connectivity index is 1.71. The molecule has 6 heteroatoms. The Kier molecular flexibility index (Phi) is 6.63. The Morgan fingerprint density at radius 1 is 1.29 bits per heavy atom. The molecular formula is C18H23ClN2O2S. The second-order valence-corrected chi connectivity index (χ2v) is 7.54. The number of rotatable bonds is 8. The van der Waals surface area contributed by atoms with E-state index in [0.29, 0.717) is 17.3 Å². The number of unbranched alkanes of at least 4 members (excludes halogenated alkanes) is 1. The fraction of sp³-hybridized carbons (Fsp3) is 0.444. The number of carbonyl (C=O) groups excluding carboxylic acids is 1. The first-order chi connectivity index (χ1) is 11.4. The normalized spacial score (nSPS) is 11.3. The molecule has 1 aromatic carbocycles. The average molecular weight is 367 g/mol. The largest absolute Gasteiger partial charge is 0.478 e. The summed E-state index contributed by atoms with van der Waals surface area (Å²) < 4.78 is 5.77. The summed E-state index contributed by atoms with van der Waals surface area (Å²) >= 11 is 7.54. The van der Waals surface area contributed by atoms with Crippen LogP contribution in [0.1, 0.15) is 37.4 Å². The van der Waals surface area contributed by atoms with Gasteiger partial charge in [-0.05, 0) is 64.3 Å². The highest BCUT2D eigenvalue weighted by molar-refractivity contribution is 7.09. The van der Waals surface area contributed by atoms with Crippen molar-refractivity contribution in [1.29, 1.82) is 0 Å². The standard InChI is InChI=1S/C18H23ClN2O2S/c1-13-12-24-16(21-13)6-4-5-11-20-17(22)18(2,3)23-15-9-7-14(19)8-10-15/h7-10,12H,4-6,11H2,1-3H3,(H,20,22). The Bertz CT molecular complexity index is 668. The first kappa shape index (κ1) is 18.7. The molecule has 4 nitrogen and oxygen atoms in total. The number of thiazole rings is 1. The SMILES string of the molecule is Cc1csc(CCCCNC(=O)C(C)(C)Oc2ccc(Cl)cc2)n1. The van der Waals surface area contributed by atoms with E-state index in [1.165, 1.54) is 0 Å². The highest BCUT2D eigenvalue weighted by atomic mass is 35.5. The van der Waals surface area contributed by atoms with Gasteiger partial charge in [-0.1, -0.05) is 11.6 Å². The summed E-state index contributed by atoms with van der Waals surface area (Å²) in [6.07, 6.45) is 2.88. The minimum Gasteiger partial charge on any atom is -0.478 e. The number of ether oxygens (including phenoxy) is 1. The third-order valence-electron chi connectivity index (χ3n) is 3.50. The van der Waals surface area contributed by atoms with Crippen molar-refractivity contribution < 1.29 is 9.53 Å². The van der Waals surface area contributed by atoms with Crippen molar-refractivity contribution in [3.8, 4) is 5.75 Å². The van der Waals surface area contributed by atoms with Gasteiger partial charge in [0.1, 0.15) is 5.75 Å². The van der Waals surface area contributed by atoms with Gasteiger partial charge in [0.2, 0.25) is 0 Å². The molecule has 2 aromatic rings. The third kappa shape index (κ3) is 5.80. The molecule has 0 fully saturated rings.